The highest BCUT2D eigenvalue weighted by atomic mass is 32.1. The molecule has 1 aliphatic heterocycles. The molecular formula is C39H49NO12S. The third-order valence-corrected chi connectivity index (χ3v) is 13.7. The zero-order valence-electron chi connectivity index (χ0n) is 30.9. The van der Waals surface area contributed by atoms with Crippen molar-refractivity contribution in [1.82, 2.24) is 5.32 Å². The van der Waals surface area contributed by atoms with Gasteiger partial charge in [-0.25, -0.2) is 9.59 Å². The minimum absolute atomic E-state index is 0.0164. The van der Waals surface area contributed by atoms with Crippen LogP contribution in [0.15, 0.2) is 59.0 Å². The molecule has 1 amide bonds. The average molecular weight is 756 g/mol. The lowest BCUT2D eigenvalue weighted by Crippen LogP contribution is -2.81. The van der Waals surface area contributed by atoms with E-state index in [1.807, 2.05) is 20.8 Å². The fourth-order valence-electron chi connectivity index (χ4n) is 9.64. The molecule has 2 aromatic rings. The quantitative estimate of drug-likeness (QED) is 0.150. The molecule has 0 radical (unpaired) electrons. The second-order valence-corrected chi connectivity index (χ2v) is 16.9. The molecule has 53 heavy (non-hydrogen) atoms. The molecule has 3 fully saturated rings. The van der Waals surface area contributed by atoms with Gasteiger partial charge in [-0.3, -0.25) is 9.59 Å². The summed E-state index contributed by atoms with van der Waals surface area (Å²) in [5.74, 6) is -4.03. The lowest BCUT2D eigenvalue weighted by Gasteiger charge is -2.69. The van der Waals surface area contributed by atoms with Crippen molar-refractivity contribution in [2.24, 2.45) is 22.2 Å². The van der Waals surface area contributed by atoms with Crippen molar-refractivity contribution in [3.8, 4) is 0 Å². The van der Waals surface area contributed by atoms with E-state index >= 15 is 0 Å². The van der Waals surface area contributed by atoms with Crippen molar-refractivity contribution < 1.29 is 58.6 Å². The number of hydrogen-bond donors (Lipinski definition) is 5. The zero-order valence-corrected chi connectivity index (χ0v) is 31.7. The summed E-state index contributed by atoms with van der Waals surface area (Å²) >= 11 is 1.24. The second-order valence-electron chi connectivity index (χ2n) is 15.9. The van der Waals surface area contributed by atoms with Gasteiger partial charge in [0, 0.05) is 36.0 Å². The van der Waals surface area contributed by atoms with E-state index in [9.17, 15) is 39.6 Å². The Morgan fingerprint density at radius 2 is 1.66 bits per heavy atom. The number of benzene rings is 1. The van der Waals surface area contributed by atoms with Gasteiger partial charge in [-0.15, -0.1) is 11.3 Å². The SMILES string of the molecule is CC(=O)N[C@@H](c1cccs1)[C@@H](O)C(=O)O[C@H]1C[C@@]2(C)[C@@H](OC(=O)c3ccccc3)[C@@H]3[C@]4(OC(C)=O)CO[C@@H]4C[C@H](O)[C@@]3(C)[C@H](O)[C@H](O)C(=C1C)C2(C)C. The van der Waals surface area contributed by atoms with Gasteiger partial charge in [-0.05, 0) is 53.5 Å². The Morgan fingerprint density at radius 3 is 2.23 bits per heavy atom. The van der Waals surface area contributed by atoms with Crippen LogP contribution in [0, 0.1) is 22.2 Å². The number of thiophene rings is 1. The van der Waals surface area contributed by atoms with Crippen LogP contribution in [0.3, 0.4) is 0 Å². The Hall–Kier alpha value is -3.66. The Balaban J connectivity index is 1.52. The number of hydrogen-bond acceptors (Lipinski definition) is 13. The summed E-state index contributed by atoms with van der Waals surface area (Å²) in [6, 6.07) is 10.6. The van der Waals surface area contributed by atoms with Gasteiger partial charge in [0.05, 0.1) is 30.3 Å². The van der Waals surface area contributed by atoms with Crippen LogP contribution >= 0.6 is 11.3 Å². The molecule has 2 heterocycles. The number of rotatable bonds is 8. The van der Waals surface area contributed by atoms with Crippen LogP contribution < -0.4 is 5.32 Å². The van der Waals surface area contributed by atoms with Gasteiger partial charge < -0.3 is 44.7 Å². The summed E-state index contributed by atoms with van der Waals surface area (Å²) in [4.78, 5) is 53.5. The van der Waals surface area contributed by atoms with Crippen molar-refractivity contribution >= 4 is 35.2 Å². The molecule has 13 nitrogen and oxygen atoms in total. The average Bonchev–Trinajstić information content (AvgIpc) is 3.63. The summed E-state index contributed by atoms with van der Waals surface area (Å²) < 4.78 is 24.7. The van der Waals surface area contributed by atoms with Gasteiger partial charge in [-0.2, -0.15) is 0 Å². The van der Waals surface area contributed by atoms with Crippen molar-refractivity contribution in [3.05, 3.63) is 69.4 Å². The first-order valence-corrected chi connectivity index (χ1v) is 18.7. The zero-order chi connectivity index (χ0) is 38.8. The summed E-state index contributed by atoms with van der Waals surface area (Å²) in [6.07, 6.45) is -9.70. The molecule has 14 heteroatoms. The predicted molar refractivity (Wildman–Crippen MR) is 190 cm³/mol. The number of amides is 1. The smallest absolute Gasteiger partial charge is 0.338 e. The molecular weight excluding hydrogens is 706 g/mol. The number of carbonyl (C=O) groups excluding carboxylic acids is 4. The van der Waals surface area contributed by atoms with Gasteiger partial charge in [0.25, 0.3) is 0 Å². The highest BCUT2D eigenvalue weighted by Crippen LogP contribution is 2.67. The summed E-state index contributed by atoms with van der Waals surface area (Å²) in [5, 5.41) is 52.3. The fraction of sp³-hybridized carbons (Fsp3) is 0.590. The summed E-state index contributed by atoms with van der Waals surface area (Å²) in [6.45, 7) is 11.2. The number of nitrogens with one attached hydrogen (secondary N) is 1. The maximum absolute atomic E-state index is 14.2. The van der Waals surface area contributed by atoms with Gasteiger partial charge >= 0.3 is 17.9 Å². The number of carbonyl (C=O) groups is 4. The fourth-order valence-corrected chi connectivity index (χ4v) is 10.4. The highest BCUT2D eigenvalue weighted by molar-refractivity contribution is 7.10. The minimum Gasteiger partial charge on any atom is -0.458 e. The van der Waals surface area contributed by atoms with E-state index in [0.29, 0.717) is 16.0 Å². The predicted octanol–water partition coefficient (Wildman–Crippen LogP) is 3.00. The first kappa shape index (κ1) is 39.0. The van der Waals surface area contributed by atoms with Gasteiger partial charge in [0.15, 0.2) is 11.7 Å². The molecule has 4 aliphatic rings. The maximum Gasteiger partial charge on any atom is 0.338 e. The van der Waals surface area contributed by atoms with Gasteiger partial charge in [0.2, 0.25) is 5.91 Å². The van der Waals surface area contributed by atoms with Crippen molar-refractivity contribution in [1.29, 1.82) is 0 Å². The number of ether oxygens (including phenoxy) is 4. The van der Waals surface area contributed by atoms with Crippen LogP contribution in [-0.4, -0.2) is 99.2 Å². The number of esters is 3. The van der Waals surface area contributed by atoms with Crippen LogP contribution in [-0.2, 0) is 33.3 Å². The van der Waals surface area contributed by atoms with E-state index in [2.05, 4.69) is 5.32 Å². The topological polar surface area (TPSA) is 198 Å². The van der Waals surface area contributed by atoms with E-state index in [4.69, 9.17) is 18.9 Å². The van der Waals surface area contributed by atoms with Crippen LogP contribution in [0.2, 0.25) is 0 Å². The van der Waals surface area contributed by atoms with Crippen LogP contribution in [0.25, 0.3) is 0 Å². The molecule has 3 aliphatic carbocycles. The molecule has 1 aromatic heterocycles. The van der Waals surface area contributed by atoms with E-state index in [1.54, 1.807) is 61.7 Å². The van der Waals surface area contributed by atoms with Crippen LogP contribution in [0.4, 0.5) is 0 Å². The third kappa shape index (κ3) is 6.11. The Labute approximate surface area is 312 Å². The third-order valence-electron chi connectivity index (χ3n) is 12.8. The molecule has 2 bridgehead atoms. The molecule has 12 atom stereocenters. The number of aliphatic hydroxyl groups excluding tert-OH is 4. The van der Waals surface area contributed by atoms with Crippen LogP contribution in [0.5, 0.6) is 0 Å². The van der Waals surface area contributed by atoms with E-state index in [1.165, 1.54) is 25.2 Å². The largest absolute Gasteiger partial charge is 0.458 e. The lowest BCUT2D eigenvalue weighted by atomic mass is 9.41. The minimum atomic E-state index is -1.82. The molecule has 5 N–H and O–H groups in total. The Kier molecular flexibility index (Phi) is 10.2. The Morgan fingerprint density at radius 1 is 0.981 bits per heavy atom. The van der Waals surface area contributed by atoms with E-state index in [0.717, 1.165) is 0 Å². The molecule has 1 saturated heterocycles. The summed E-state index contributed by atoms with van der Waals surface area (Å²) in [5.41, 5.74) is -4.54. The first-order valence-electron chi connectivity index (χ1n) is 17.8. The Bertz CT molecular complexity index is 1780. The second kappa shape index (κ2) is 13.9. The molecule has 0 unspecified atom stereocenters. The molecule has 2 saturated carbocycles. The van der Waals surface area contributed by atoms with Crippen molar-refractivity contribution in [2.75, 3.05) is 6.61 Å². The number of fused-ring (bicyclic) bond motifs is 5. The molecule has 288 valence electrons. The monoisotopic (exact) mass is 755 g/mol. The molecule has 0 spiro atoms. The normalized spacial score (nSPS) is 36.9. The molecule has 1 aromatic carbocycles. The summed E-state index contributed by atoms with van der Waals surface area (Å²) in [7, 11) is 0. The van der Waals surface area contributed by atoms with Gasteiger partial charge in [-0.1, -0.05) is 52.0 Å². The first-order chi connectivity index (χ1) is 24.8. The standard InChI is InChI=1S/C39H49NO12S/c1-19-23(50-35(48)30(45)28(40-20(2)41)24-14-11-15-53-24)17-37(6)33(51-34(47)22-12-9-8-10-13-22)31-38(7,32(46)29(44)27(19)36(37,4)5)25(43)16-26-39(31,18-49-26)52-21(3)42/h8-15,23,25-26,28-33,43-46H,16-18H2,1-7H3,(H,40,41)/t23-,25-,26+,28-,29+,30+,31-,32+,33-,37-,38+,39-/m0/s1. The highest BCUT2D eigenvalue weighted by Gasteiger charge is 2.77. The molecule has 6 rings (SSSR count). The van der Waals surface area contributed by atoms with Crippen molar-refractivity contribution in [3.63, 3.8) is 0 Å². The van der Waals surface area contributed by atoms with E-state index < -0.39 is 100 Å². The van der Waals surface area contributed by atoms with Crippen LogP contribution in [0.1, 0.15) is 82.6 Å². The van der Waals surface area contributed by atoms with Crippen molar-refractivity contribution in [2.45, 2.75) is 116 Å². The van der Waals surface area contributed by atoms with E-state index in [-0.39, 0.29) is 25.0 Å². The van der Waals surface area contributed by atoms with Gasteiger partial charge in [0.1, 0.15) is 30.5 Å². The lowest BCUT2D eigenvalue weighted by molar-refractivity contribution is -0.360. The maximum atomic E-state index is 14.2. The number of aliphatic hydroxyl groups is 4.